The number of aliphatic imine (C=N–C) groups is 1. The Balaban J connectivity index is 2.04. The normalized spacial score (nSPS) is 13.4. The van der Waals surface area contributed by atoms with Crippen LogP contribution >= 0.6 is 11.3 Å². The van der Waals surface area contributed by atoms with E-state index < -0.39 is 0 Å². The lowest BCUT2D eigenvalue weighted by atomic mass is 10.1. The number of amides is 1. The summed E-state index contributed by atoms with van der Waals surface area (Å²) >= 11 is 1.51. The number of thiophene rings is 1. The van der Waals surface area contributed by atoms with Gasteiger partial charge in [-0.15, -0.1) is 11.3 Å². The lowest BCUT2D eigenvalue weighted by molar-refractivity contribution is -0.183. The van der Waals surface area contributed by atoms with Gasteiger partial charge in [0.15, 0.2) is 0 Å². The van der Waals surface area contributed by atoms with Gasteiger partial charge in [0.05, 0.1) is 24.3 Å². The number of ether oxygens (including phenoxy) is 1. The number of hydroxylamine groups is 2. The number of amidine groups is 1. The molecule has 1 aliphatic rings. The van der Waals surface area contributed by atoms with Gasteiger partial charge >= 0.3 is 5.97 Å². The molecule has 7 nitrogen and oxygen atoms in total. The van der Waals surface area contributed by atoms with Crippen LogP contribution in [0.5, 0.6) is 0 Å². The van der Waals surface area contributed by atoms with E-state index in [1.807, 2.05) is 24.4 Å². The van der Waals surface area contributed by atoms with Gasteiger partial charge in [-0.05, 0) is 30.4 Å². The van der Waals surface area contributed by atoms with Gasteiger partial charge in [0, 0.05) is 25.0 Å². The summed E-state index contributed by atoms with van der Waals surface area (Å²) < 4.78 is 4.59. The summed E-state index contributed by atoms with van der Waals surface area (Å²) in [4.78, 5) is 34.8. The van der Waals surface area contributed by atoms with Crippen LogP contribution in [0.2, 0.25) is 0 Å². The molecule has 0 unspecified atom stereocenters. The summed E-state index contributed by atoms with van der Waals surface area (Å²) in [6.07, 6.45) is 3.60. The molecule has 0 saturated heterocycles. The number of nitrogens with two attached hydrogens (primary N) is 1. The van der Waals surface area contributed by atoms with Crippen LogP contribution in [-0.2, 0) is 19.2 Å². The molecule has 136 valence electrons. The molecule has 1 aromatic heterocycles. The molecule has 0 aliphatic carbocycles. The number of esters is 1. The van der Waals surface area contributed by atoms with Crippen LogP contribution in [0.3, 0.4) is 0 Å². The van der Waals surface area contributed by atoms with E-state index in [0.717, 1.165) is 17.0 Å². The van der Waals surface area contributed by atoms with Crippen molar-refractivity contribution >= 4 is 40.8 Å². The van der Waals surface area contributed by atoms with Gasteiger partial charge in [-0.2, -0.15) is 0 Å². The summed E-state index contributed by atoms with van der Waals surface area (Å²) in [6.45, 7) is 2.69. The number of nitrogens with zero attached hydrogens (tertiary/aromatic N) is 2. The predicted octanol–water partition coefficient (Wildman–Crippen LogP) is 2.65. The van der Waals surface area contributed by atoms with Crippen LogP contribution in [-0.4, -0.2) is 43.0 Å². The molecule has 2 N–H and O–H groups in total. The van der Waals surface area contributed by atoms with Crippen molar-refractivity contribution in [3.05, 3.63) is 21.9 Å². The average Bonchev–Trinajstić information content (AvgIpc) is 2.96. The molecule has 0 saturated carbocycles. The maximum atomic E-state index is 12.8. The monoisotopic (exact) mass is 365 g/mol. The Kier molecular flexibility index (Phi) is 7.15. The SMILES string of the molecule is CCCN(OCCCC(=O)OC)C(=O)C1=Cc2sccc2N=C(N)C1. The molecule has 1 aromatic rings. The Morgan fingerprint density at radius 3 is 2.96 bits per heavy atom. The minimum Gasteiger partial charge on any atom is -0.469 e. The molecular formula is C17H23N3O4S. The van der Waals surface area contributed by atoms with Gasteiger partial charge in [0.1, 0.15) is 5.84 Å². The van der Waals surface area contributed by atoms with E-state index in [9.17, 15) is 9.59 Å². The summed E-state index contributed by atoms with van der Waals surface area (Å²) in [7, 11) is 1.35. The Bertz CT molecular complexity index is 681. The number of rotatable bonds is 8. The summed E-state index contributed by atoms with van der Waals surface area (Å²) in [6, 6.07) is 1.88. The predicted molar refractivity (Wildman–Crippen MR) is 97.4 cm³/mol. The lowest BCUT2D eigenvalue weighted by Gasteiger charge is -2.22. The smallest absolute Gasteiger partial charge is 0.305 e. The standard InChI is InChI=1S/C17H23N3O4S/c1-3-7-20(24-8-4-5-16(21)23-2)17(22)12-10-14-13(6-9-25-14)19-15(18)11-12/h6,9-10H,3-5,7-8,11H2,1-2H3,(H2,18,19). The first-order chi connectivity index (χ1) is 12.0. The third kappa shape index (κ3) is 5.40. The van der Waals surface area contributed by atoms with Gasteiger partial charge in [0.2, 0.25) is 0 Å². The van der Waals surface area contributed by atoms with E-state index in [0.29, 0.717) is 24.4 Å². The molecule has 1 amide bonds. The Morgan fingerprint density at radius 1 is 1.44 bits per heavy atom. The van der Waals surface area contributed by atoms with E-state index in [1.165, 1.54) is 23.5 Å². The van der Waals surface area contributed by atoms with Crippen LogP contribution in [0.1, 0.15) is 37.5 Å². The number of fused-ring (bicyclic) bond motifs is 1. The van der Waals surface area contributed by atoms with Crippen molar-refractivity contribution in [1.29, 1.82) is 0 Å². The largest absolute Gasteiger partial charge is 0.469 e. The molecular weight excluding hydrogens is 342 g/mol. The van der Waals surface area contributed by atoms with E-state index in [1.54, 1.807) is 0 Å². The topological polar surface area (TPSA) is 94.2 Å². The molecule has 2 rings (SSSR count). The number of carbonyl (C=O) groups excluding carboxylic acids is 2. The fourth-order valence-electron chi connectivity index (χ4n) is 2.33. The number of hydrogen-bond donors (Lipinski definition) is 1. The number of methoxy groups -OCH3 is 1. The molecule has 0 aromatic carbocycles. The quantitative estimate of drug-likeness (QED) is 0.434. The van der Waals surface area contributed by atoms with Gasteiger partial charge in [-0.1, -0.05) is 6.92 Å². The highest BCUT2D eigenvalue weighted by atomic mass is 32.1. The minimum atomic E-state index is -0.294. The molecule has 2 heterocycles. The zero-order valence-corrected chi connectivity index (χ0v) is 15.3. The Labute approximate surface area is 151 Å². The number of hydrogen-bond acceptors (Lipinski definition) is 7. The molecule has 0 atom stereocenters. The van der Waals surface area contributed by atoms with Gasteiger partial charge in [-0.25, -0.2) is 10.1 Å². The van der Waals surface area contributed by atoms with Crippen molar-refractivity contribution in [1.82, 2.24) is 5.06 Å². The zero-order valence-electron chi connectivity index (χ0n) is 14.5. The van der Waals surface area contributed by atoms with Crippen LogP contribution in [0.15, 0.2) is 22.0 Å². The van der Waals surface area contributed by atoms with Crippen molar-refractivity contribution in [3.63, 3.8) is 0 Å². The van der Waals surface area contributed by atoms with Crippen molar-refractivity contribution in [2.45, 2.75) is 32.6 Å². The first-order valence-electron chi connectivity index (χ1n) is 8.17. The van der Waals surface area contributed by atoms with E-state index >= 15 is 0 Å². The van der Waals surface area contributed by atoms with Crippen molar-refractivity contribution < 1.29 is 19.2 Å². The third-order valence-corrected chi connectivity index (χ3v) is 4.40. The van der Waals surface area contributed by atoms with Crippen LogP contribution in [0, 0.1) is 0 Å². The molecule has 0 radical (unpaired) electrons. The Morgan fingerprint density at radius 2 is 2.24 bits per heavy atom. The highest BCUT2D eigenvalue weighted by molar-refractivity contribution is 7.11. The highest BCUT2D eigenvalue weighted by Gasteiger charge is 2.22. The van der Waals surface area contributed by atoms with E-state index in [2.05, 4.69) is 9.73 Å². The maximum Gasteiger partial charge on any atom is 0.305 e. The van der Waals surface area contributed by atoms with Crippen molar-refractivity contribution in [3.8, 4) is 0 Å². The lowest BCUT2D eigenvalue weighted by Crippen LogP contribution is -2.34. The molecule has 1 aliphatic heterocycles. The second kappa shape index (κ2) is 9.33. The highest BCUT2D eigenvalue weighted by Crippen LogP contribution is 2.31. The van der Waals surface area contributed by atoms with Crippen molar-refractivity contribution in [2.75, 3.05) is 20.3 Å². The molecule has 8 heteroatoms. The third-order valence-electron chi connectivity index (χ3n) is 3.54. The molecule has 0 spiro atoms. The first-order valence-corrected chi connectivity index (χ1v) is 9.05. The minimum absolute atomic E-state index is 0.223. The summed E-state index contributed by atoms with van der Waals surface area (Å²) in [5.74, 6) is -0.115. The Hall–Kier alpha value is -2.19. The van der Waals surface area contributed by atoms with E-state index in [4.69, 9.17) is 10.6 Å². The second-order valence-corrected chi connectivity index (χ2v) is 6.49. The fourth-order valence-corrected chi connectivity index (χ4v) is 3.12. The van der Waals surface area contributed by atoms with Crippen LogP contribution in [0.4, 0.5) is 5.69 Å². The number of carbonyl (C=O) groups is 2. The molecule has 25 heavy (non-hydrogen) atoms. The zero-order chi connectivity index (χ0) is 18.2. The van der Waals surface area contributed by atoms with Gasteiger partial charge < -0.3 is 10.5 Å². The molecule has 0 fully saturated rings. The maximum absolute atomic E-state index is 12.8. The second-order valence-electron chi connectivity index (χ2n) is 5.54. The van der Waals surface area contributed by atoms with E-state index in [-0.39, 0.29) is 31.3 Å². The van der Waals surface area contributed by atoms with Gasteiger partial charge in [-0.3, -0.25) is 14.4 Å². The average molecular weight is 365 g/mol. The van der Waals surface area contributed by atoms with Crippen LogP contribution in [0.25, 0.3) is 6.08 Å². The first kappa shape index (κ1) is 19.1. The summed E-state index contributed by atoms with van der Waals surface area (Å²) in [5.41, 5.74) is 7.26. The molecule has 0 bridgehead atoms. The van der Waals surface area contributed by atoms with Gasteiger partial charge in [0.25, 0.3) is 5.91 Å². The summed E-state index contributed by atoms with van der Waals surface area (Å²) in [5, 5.41) is 3.26. The fraction of sp³-hybridized carbons (Fsp3) is 0.471. The van der Waals surface area contributed by atoms with Crippen LogP contribution < -0.4 is 5.73 Å². The van der Waals surface area contributed by atoms with Crippen molar-refractivity contribution in [2.24, 2.45) is 10.7 Å².